The van der Waals surface area contributed by atoms with Gasteiger partial charge in [-0.25, -0.2) is 0 Å². The van der Waals surface area contributed by atoms with Crippen LogP contribution in [0.4, 0.5) is 0 Å². The number of nitrogens with zero attached hydrogens (tertiary/aromatic N) is 1. The first-order valence-electron chi connectivity index (χ1n) is 8.73. The quantitative estimate of drug-likeness (QED) is 0.586. The zero-order chi connectivity index (χ0) is 17.9. The van der Waals surface area contributed by atoms with E-state index in [2.05, 4.69) is 24.0 Å². The van der Waals surface area contributed by atoms with Gasteiger partial charge in [0.15, 0.2) is 0 Å². The number of aliphatic hydroxyl groups excluding tert-OH is 1. The molecule has 1 atom stereocenters. The second kappa shape index (κ2) is 11.4. The highest BCUT2D eigenvalue weighted by Crippen LogP contribution is 2.17. The lowest BCUT2D eigenvalue weighted by Crippen LogP contribution is -2.35. The lowest BCUT2D eigenvalue weighted by molar-refractivity contribution is 0.00754. The summed E-state index contributed by atoms with van der Waals surface area (Å²) in [5, 5.41) is 10.3. The summed E-state index contributed by atoms with van der Waals surface area (Å²) in [7, 11) is 1.72. The Labute approximate surface area is 155 Å². The number of aliphatic hydroxyl groups is 1. The van der Waals surface area contributed by atoms with Crippen LogP contribution in [0.5, 0.6) is 0 Å². The summed E-state index contributed by atoms with van der Waals surface area (Å²) in [6.45, 7) is 6.11. The first kappa shape index (κ1) is 20.1. The molecule has 5 heteroatoms. The molecular weight excluding hydrogens is 334 g/mol. The third-order valence-electron chi connectivity index (χ3n) is 3.89. The standard InChI is InChI=1S/C20H29NO3S/c1-17-9-10-20(25-17)14-21(11-6-12-23-2)13-19(22)16-24-15-18-7-4-3-5-8-18/h3-5,7-10,19,22H,6,11-16H2,1-2H3. The smallest absolute Gasteiger partial charge is 0.0900 e. The van der Waals surface area contributed by atoms with E-state index in [-0.39, 0.29) is 0 Å². The van der Waals surface area contributed by atoms with Gasteiger partial charge in [-0.3, -0.25) is 4.90 Å². The molecule has 0 spiro atoms. The predicted molar refractivity (Wildman–Crippen MR) is 103 cm³/mol. The highest BCUT2D eigenvalue weighted by atomic mass is 32.1. The van der Waals surface area contributed by atoms with E-state index < -0.39 is 6.10 Å². The number of rotatable bonds is 12. The molecule has 0 saturated carbocycles. The second-order valence-electron chi connectivity index (χ2n) is 6.25. The summed E-state index contributed by atoms with van der Waals surface area (Å²) in [6, 6.07) is 14.4. The average molecular weight is 364 g/mol. The molecule has 1 N–H and O–H groups in total. The van der Waals surface area contributed by atoms with Crippen molar-refractivity contribution in [1.29, 1.82) is 0 Å². The van der Waals surface area contributed by atoms with Gasteiger partial charge in [-0.15, -0.1) is 11.3 Å². The van der Waals surface area contributed by atoms with Gasteiger partial charge in [0.1, 0.15) is 0 Å². The fraction of sp³-hybridized carbons (Fsp3) is 0.500. The van der Waals surface area contributed by atoms with Crippen LogP contribution in [0.15, 0.2) is 42.5 Å². The number of aryl methyl sites for hydroxylation is 1. The average Bonchev–Trinajstić information content (AvgIpc) is 3.01. The van der Waals surface area contributed by atoms with Gasteiger partial charge in [-0.05, 0) is 31.0 Å². The monoisotopic (exact) mass is 363 g/mol. The van der Waals surface area contributed by atoms with Crippen LogP contribution in [0.2, 0.25) is 0 Å². The Morgan fingerprint density at radius 2 is 1.96 bits per heavy atom. The summed E-state index contributed by atoms with van der Waals surface area (Å²) in [6.07, 6.45) is 0.464. The molecule has 138 valence electrons. The van der Waals surface area contributed by atoms with Crippen LogP contribution in [-0.2, 0) is 22.6 Å². The van der Waals surface area contributed by atoms with Gasteiger partial charge in [0.2, 0.25) is 0 Å². The predicted octanol–water partition coefficient (Wildman–Crippen LogP) is 3.47. The summed E-state index contributed by atoms with van der Waals surface area (Å²) in [4.78, 5) is 4.92. The lowest BCUT2D eigenvalue weighted by atomic mass is 10.2. The number of thiophene rings is 1. The minimum absolute atomic E-state index is 0.346. The molecule has 0 aliphatic carbocycles. The molecule has 0 amide bonds. The van der Waals surface area contributed by atoms with Crippen LogP contribution in [0.25, 0.3) is 0 Å². The van der Waals surface area contributed by atoms with Crippen molar-refractivity contribution in [2.75, 3.05) is 33.4 Å². The number of hydrogen-bond donors (Lipinski definition) is 1. The molecule has 0 aliphatic heterocycles. The zero-order valence-electron chi connectivity index (χ0n) is 15.2. The molecular formula is C20H29NO3S. The highest BCUT2D eigenvalue weighted by Gasteiger charge is 2.13. The molecule has 4 nitrogen and oxygen atoms in total. The van der Waals surface area contributed by atoms with E-state index >= 15 is 0 Å². The zero-order valence-corrected chi connectivity index (χ0v) is 16.0. The van der Waals surface area contributed by atoms with Crippen molar-refractivity contribution in [3.8, 4) is 0 Å². The Morgan fingerprint density at radius 3 is 2.64 bits per heavy atom. The normalized spacial score (nSPS) is 12.6. The van der Waals surface area contributed by atoms with Crippen molar-refractivity contribution in [2.45, 2.75) is 32.6 Å². The Morgan fingerprint density at radius 1 is 1.16 bits per heavy atom. The maximum Gasteiger partial charge on any atom is 0.0900 e. The highest BCUT2D eigenvalue weighted by molar-refractivity contribution is 7.11. The molecule has 1 aromatic carbocycles. The van der Waals surface area contributed by atoms with Crippen LogP contribution in [0.3, 0.4) is 0 Å². The Hall–Kier alpha value is -1.24. The van der Waals surface area contributed by atoms with E-state index in [4.69, 9.17) is 9.47 Å². The Kier molecular flexibility index (Phi) is 9.15. The molecule has 25 heavy (non-hydrogen) atoms. The molecule has 2 rings (SSSR count). The van der Waals surface area contributed by atoms with Crippen LogP contribution < -0.4 is 0 Å². The van der Waals surface area contributed by atoms with Crippen molar-refractivity contribution >= 4 is 11.3 Å². The van der Waals surface area contributed by atoms with E-state index in [9.17, 15) is 5.11 Å². The number of benzene rings is 1. The van der Waals surface area contributed by atoms with Gasteiger partial charge in [-0.1, -0.05) is 30.3 Å². The molecule has 0 radical (unpaired) electrons. The van der Waals surface area contributed by atoms with Crippen LogP contribution in [-0.4, -0.2) is 49.5 Å². The van der Waals surface area contributed by atoms with Crippen LogP contribution in [0, 0.1) is 6.92 Å². The van der Waals surface area contributed by atoms with Gasteiger partial charge < -0.3 is 14.6 Å². The third kappa shape index (κ3) is 8.12. The molecule has 0 saturated heterocycles. The lowest BCUT2D eigenvalue weighted by Gasteiger charge is -2.24. The van der Waals surface area contributed by atoms with E-state index in [1.54, 1.807) is 7.11 Å². The minimum atomic E-state index is -0.493. The molecule has 1 heterocycles. The Bertz CT molecular complexity index is 588. The second-order valence-corrected chi connectivity index (χ2v) is 7.62. The van der Waals surface area contributed by atoms with E-state index in [0.717, 1.165) is 31.7 Å². The van der Waals surface area contributed by atoms with Gasteiger partial charge in [0.25, 0.3) is 0 Å². The first-order chi connectivity index (χ1) is 12.2. The molecule has 0 aliphatic rings. The molecule has 2 aromatic rings. The first-order valence-corrected chi connectivity index (χ1v) is 9.55. The molecule has 1 unspecified atom stereocenters. The summed E-state index contributed by atoms with van der Waals surface area (Å²) in [5.74, 6) is 0. The van der Waals surface area contributed by atoms with Crippen molar-refractivity contribution in [2.24, 2.45) is 0 Å². The maximum atomic E-state index is 10.3. The number of ether oxygens (including phenoxy) is 2. The van der Waals surface area contributed by atoms with Gasteiger partial charge in [0, 0.05) is 43.1 Å². The van der Waals surface area contributed by atoms with Crippen LogP contribution in [0.1, 0.15) is 21.7 Å². The van der Waals surface area contributed by atoms with Crippen molar-refractivity contribution in [3.63, 3.8) is 0 Å². The topological polar surface area (TPSA) is 41.9 Å². The summed E-state index contributed by atoms with van der Waals surface area (Å²) in [5.41, 5.74) is 1.13. The van der Waals surface area contributed by atoms with Gasteiger partial charge >= 0.3 is 0 Å². The van der Waals surface area contributed by atoms with Crippen molar-refractivity contribution in [3.05, 3.63) is 57.8 Å². The number of methoxy groups -OCH3 is 1. The van der Waals surface area contributed by atoms with Crippen molar-refractivity contribution in [1.82, 2.24) is 4.90 Å². The van der Waals surface area contributed by atoms with E-state index in [1.165, 1.54) is 9.75 Å². The summed E-state index contributed by atoms with van der Waals surface area (Å²) < 4.78 is 10.8. The van der Waals surface area contributed by atoms with E-state index in [1.807, 2.05) is 41.7 Å². The molecule has 0 bridgehead atoms. The van der Waals surface area contributed by atoms with Gasteiger partial charge in [-0.2, -0.15) is 0 Å². The third-order valence-corrected chi connectivity index (χ3v) is 4.87. The Balaban J connectivity index is 1.77. The van der Waals surface area contributed by atoms with Crippen LogP contribution >= 0.6 is 11.3 Å². The molecule has 0 fully saturated rings. The summed E-state index contributed by atoms with van der Waals surface area (Å²) >= 11 is 1.81. The maximum absolute atomic E-state index is 10.3. The van der Waals surface area contributed by atoms with Gasteiger partial charge in [0.05, 0.1) is 19.3 Å². The minimum Gasteiger partial charge on any atom is -0.389 e. The SMILES string of the molecule is COCCCN(Cc1ccc(C)s1)CC(O)COCc1ccccc1. The largest absolute Gasteiger partial charge is 0.389 e. The molecule has 1 aromatic heterocycles. The van der Waals surface area contributed by atoms with E-state index in [0.29, 0.717) is 19.8 Å². The number of hydrogen-bond acceptors (Lipinski definition) is 5. The fourth-order valence-corrected chi connectivity index (χ4v) is 3.63. The van der Waals surface area contributed by atoms with Crippen molar-refractivity contribution < 1.29 is 14.6 Å². The fourth-order valence-electron chi connectivity index (χ4n) is 2.70.